The molecule has 1 aliphatic rings. The van der Waals surface area contributed by atoms with Crippen LogP contribution in [-0.2, 0) is 16.0 Å². The number of para-hydroxylation sites is 1. The summed E-state index contributed by atoms with van der Waals surface area (Å²) >= 11 is 0. The van der Waals surface area contributed by atoms with Crippen LogP contribution in [0.3, 0.4) is 0 Å². The third-order valence-electron chi connectivity index (χ3n) is 7.19. The third kappa shape index (κ3) is 4.79. The highest BCUT2D eigenvalue weighted by Crippen LogP contribution is 2.29. The first-order valence-electron chi connectivity index (χ1n) is 12.8. The molecule has 0 radical (unpaired) electrons. The lowest BCUT2D eigenvalue weighted by atomic mass is 10.0. The molecule has 7 nitrogen and oxygen atoms in total. The number of nitrogens with zero attached hydrogens (tertiary/aromatic N) is 2. The minimum absolute atomic E-state index is 0.0612. The lowest BCUT2D eigenvalue weighted by Crippen LogP contribution is -2.46. The van der Waals surface area contributed by atoms with Crippen LogP contribution in [0.25, 0.3) is 10.9 Å². The molecule has 3 amide bonds. The SMILES string of the molecule is COc1cccc(C(=O)N(CCc2c[nH]c3ccccc23)C2CC(=O)N(c3ccc(C(C)C)cc3)C2=O)c1. The number of methoxy groups -OCH3 is 1. The van der Waals surface area contributed by atoms with Crippen LogP contribution in [0.2, 0.25) is 0 Å². The van der Waals surface area contributed by atoms with Gasteiger partial charge in [0.2, 0.25) is 5.91 Å². The summed E-state index contributed by atoms with van der Waals surface area (Å²) in [5.41, 5.74) is 4.11. The van der Waals surface area contributed by atoms with E-state index in [0.29, 0.717) is 29.3 Å². The van der Waals surface area contributed by atoms with E-state index in [0.717, 1.165) is 22.0 Å². The smallest absolute Gasteiger partial charge is 0.257 e. The maximum Gasteiger partial charge on any atom is 0.257 e. The van der Waals surface area contributed by atoms with Gasteiger partial charge in [-0.2, -0.15) is 0 Å². The van der Waals surface area contributed by atoms with E-state index in [9.17, 15) is 14.4 Å². The van der Waals surface area contributed by atoms with Crippen molar-refractivity contribution < 1.29 is 19.1 Å². The van der Waals surface area contributed by atoms with E-state index >= 15 is 0 Å². The number of aromatic nitrogens is 1. The summed E-state index contributed by atoms with van der Waals surface area (Å²) < 4.78 is 5.31. The third-order valence-corrected chi connectivity index (χ3v) is 7.19. The monoisotopic (exact) mass is 509 g/mol. The van der Waals surface area contributed by atoms with Crippen molar-refractivity contribution in [3.8, 4) is 5.75 Å². The number of rotatable bonds is 8. The average Bonchev–Trinajstić information content (AvgIpc) is 3.48. The van der Waals surface area contributed by atoms with Crippen molar-refractivity contribution in [2.45, 2.75) is 38.6 Å². The molecule has 0 aliphatic carbocycles. The maximum absolute atomic E-state index is 13.8. The Kier molecular flexibility index (Phi) is 7.01. The van der Waals surface area contributed by atoms with Crippen molar-refractivity contribution in [2.24, 2.45) is 0 Å². The largest absolute Gasteiger partial charge is 0.497 e. The normalized spacial score (nSPS) is 15.5. The Labute approximate surface area is 222 Å². The van der Waals surface area contributed by atoms with Crippen LogP contribution < -0.4 is 9.64 Å². The number of nitrogens with one attached hydrogen (secondary N) is 1. The number of ether oxygens (including phenoxy) is 1. The molecule has 1 N–H and O–H groups in total. The standard InChI is InChI=1S/C31H31N3O4/c1-20(2)21-11-13-24(14-12-21)34-29(35)18-28(31(34)37)33(30(36)22-7-6-8-25(17-22)38-3)16-15-23-19-32-27-10-5-4-9-26(23)27/h4-14,17,19-20,28,32H,15-16,18H2,1-3H3. The number of amides is 3. The van der Waals surface area contributed by atoms with Gasteiger partial charge in [0.25, 0.3) is 11.8 Å². The summed E-state index contributed by atoms with van der Waals surface area (Å²) in [6, 6.07) is 21.4. The molecule has 1 unspecified atom stereocenters. The molecule has 1 aromatic heterocycles. The highest BCUT2D eigenvalue weighted by atomic mass is 16.5. The lowest BCUT2D eigenvalue weighted by Gasteiger charge is -2.28. The maximum atomic E-state index is 13.8. The molecule has 0 spiro atoms. The zero-order chi connectivity index (χ0) is 26.8. The van der Waals surface area contributed by atoms with Gasteiger partial charge in [-0.3, -0.25) is 14.4 Å². The van der Waals surface area contributed by atoms with E-state index in [1.54, 1.807) is 48.4 Å². The molecular formula is C31H31N3O4. The summed E-state index contributed by atoms with van der Waals surface area (Å²) in [6.07, 6.45) is 2.40. The van der Waals surface area contributed by atoms with Crippen molar-refractivity contribution in [1.82, 2.24) is 9.88 Å². The van der Waals surface area contributed by atoms with Crippen molar-refractivity contribution in [3.05, 3.63) is 95.7 Å². The van der Waals surface area contributed by atoms with Crippen LogP contribution in [0.5, 0.6) is 5.75 Å². The molecule has 0 saturated carbocycles. The summed E-state index contributed by atoms with van der Waals surface area (Å²) in [6.45, 7) is 4.46. The van der Waals surface area contributed by atoms with E-state index in [2.05, 4.69) is 18.8 Å². The van der Waals surface area contributed by atoms with Gasteiger partial charge in [-0.15, -0.1) is 0 Å². The van der Waals surface area contributed by atoms with Crippen LogP contribution in [0.1, 0.15) is 47.7 Å². The molecule has 38 heavy (non-hydrogen) atoms. The molecule has 5 rings (SSSR count). The highest BCUT2D eigenvalue weighted by Gasteiger charge is 2.44. The molecule has 1 saturated heterocycles. The fourth-order valence-electron chi connectivity index (χ4n) is 5.04. The van der Waals surface area contributed by atoms with Gasteiger partial charge >= 0.3 is 0 Å². The van der Waals surface area contributed by atoms with Crippen molar-refractivity contribution >= 4 is 34.3 Å². The van der Waals surface area contributed by atoms with Crippen LogP contribution in [0.4, 0.5) is 5.69 Å². The summed E-state index contributed by atoms with van der Waals surface area (Å²) in [5, 5.41) is 1.07. The Morgan fingerprint density at radius 3 is 2.55 bits per heavy atom. The van der Waals surface area contributed by atoms with Crippen LogP contribution in [-0.4, -0.2) is 47.3 Å². The number of anilines is 1. The predicted molar refractivity (Wildman–Crippen MR) is 147 cm³/mol. The van der Waals surface area contributed by atoms with Gasteiger partial charge in [-0.25, -0.2) is 4.90 Å². The van der Waals surface area contributed by atoms with E-state index in [-0.39, 0.29) is 30.7 Å². The molecule has 194 valence electrons. The number of hydrogen-bond acceptors (Lipinski definition) is 4. The molecular weight excluding hydrogens is 478 g/mol. The molecule has 1 atom stereocenters. The van der Waals surface area contributed by atoms with Gasteiger partial charge in [0.05, 0.1) is 19.2 Å². The number of fused-ring (bicyclic) bond motifs is 1. The second kappa shape index (κ2) is 10.5. The Bertz CT molecular complexity index is 1490. The number of H-pyrrole nitrogens is 1. The zero-order valence-corrected chi connectivity index (χ0v) is 21.8. The minimum Gasteiger partial charge on any atom is -0.497 e. The quantitative estimate of drug-likeness (QED) is 0.326. The molecule has 0 bridgehead atoms. The number of benzene rings is 3. The molecule has 4 aromatic rings. The topological polar surface area (TPSA) is 82.7 Å². The first-order valence-corrected chi connectivity index (χ1v) is 12.8. The van der Waals surface area contributed by atoms with E-state index in [1.807, 2.05) is 42.6 Å². The minimum atomic E-state index is -0.892. The van der Waals surface area contributed by atoms with E-state index < -0.39 is 6.04 Å². The van der Waals surface area contributed by atoms with Gasteiger partial charge in [-0.1, -0.05) is 50.2 Å². The fourth-order valence-corrected chi connectivity index (χ4v) is 5.04. The second-order valence-electron chi connectivity index (χ2n) is 9.87. The van der Waals surface area contributed by atoms with Gasteiger partial charge in [0.1, 0.15) is 11.8 Å². The number of carbonyl (C=O) groups excluding carboxylic acids is 3. The number of carbonyl (C=O) groups is 3. The predicted octanol–water partition coefficient (Wildman–Crippen LogP) is 5.32. The molecule has 1 aliphatic heterocycles. The second-order valence-corrected chi connectivity index (χ2v) is 9.87. The molecule has 1 fully saturated rings. The fraction of sp³-hybridized carbons (Fsp3) is 0.258. The molecule has 3 aromatic carbocycles. The Hall–Kier alpha value is -4.39. The average molecular weight is 510 g/mol. The van der Waals surface area contributed by atoms with Crippen molar-refractivity contribution in [3.63, 3.8) is 0 Å². The summed E-state index contributed by atoms with van der Waals surface area (Å²) in [5.74, 6) is -0.127. The molecule has 2 heterocycles. The van der Waals surface area contributed by atoms with Crippen LogP contribution in [0.15, 0.2) is 79.0 Å². The number of hydrogen-bond donors (Lipinski definition) is 1. The zero-order valence-electron chi connectivity index (χ0n) is 21.8. The van der Waals surface area contributed by atoms with E-state index in [4.69, 9.17) is 4.74 Å². The Morgan fingerprint density at radius 1 is 1.05 bits per heavy atom. The van der Waals surface area contributed by atoms with Crippen molar-refractivity contribution in [2.75, 3.05) is 18.6 Å². The lowest BCUT2D eigenvalue weighted by molar-refractivity contribution is -0.122. The Morgan fingerprint density at radius 2 is 1.82 bits per heavy atom. The van der Waals surface area contributed by atoms with E-state index in [1.165, 1.54) is 4.90 Å². The summed E-state index contributed by atoms with van der Waals surface area (Å²) in [4.78, 5) is 46.7. The van der Waals surface area contributed by atoms with Gasteiger partial charge in [-0.05, 0) is 59.9 Å². The Balaban J connectivity index is 1.46. The molecule has 7 heteroatoms. The van der Waals surface area contributed by atoms with Gasteiger partial charge < -0.3 is 14.6 Å². The highest BCUT2D eigenvalue weighted by molar-refractivity contribution is 6.23. The number of aromatic amines is 1. The van der Waals surface area contributed by atoms with Gasteiger partial charge in [0, 0.05) is 29.2 Å². The summed E-state index contributed by atoms with van der Waals surface area (Å²) in [7, 11) is 1.54. The first kappa shape index (κ1) is 25.3. The number of imide groups is 1. The van der Waals surface area contributed by atoms with Crippen LogP contribution >= 0.6 is 0 Å². The van der Waals surface area contributed by atoms with Crippen molar-refractivity contribution in [1.29, 1.82) is 0 Å². The van der Waals surface area contributed by atoms with Gasteiger partial charge in [0.15, 0.2) is 0 Å². The van der Waals surface area contributed by atoms with Crippen LogP contribution in [0, 0.1) is 0 Å². The first-order chi connectivity index (χ1) is 18.4.